The van der Waals surface area contributed by atoms with Crippen molar-refractivity contribution in [1.29, 1.82) is 5.26 Å². The third kappa shape index (κ3) is 5.23. The Morgan fingerprint density at radius 3 is 2.67 bits per heavy atom. The van der Waals surface area contributed by atoms with Crippen molar-refractivity contribution in [3.05, 3.63) is 87.1 Å². The van der Waals surface area contributed by atoms with Crippen LogP contribution in [0.1, 0.15) is 60.8 Å². The summed E-state index contributed by atoms with van der Waals surface area (Å²) in [6.07, 6.45) is 5.45. The van der Waals surface area contributed by atoms with Crippen molar-refractivity contribution in [2.45, 2.75) is 65.0 Å². The maximum atomic E-state index is 13.5. The highest BCUT2D eigenvalue weighted by atomic mass is 16.5. The average molecular weight is 442 g/mol. The van der Waals surface area contributed by atoms with E-state index >= 15 is 0 Å². The Hall–Kier alpha value is -3.23. The fourth-order valence-electron chi connectivity index (χ4n) is 4.54. The zero-order valence-electron chi connectivity index (χ0n) is 19.5. The van der Waals surface area contributed by atoms with E-state index in [9.17, 15) is 10.1 Å². The van der Waals surface area contributed by atoms with Crippen LogP contribution in [0.2, 0.25) is 0 Å². The summed E-state index contributed by atoms with van der Waals surface area (Å²) in [5.41, 5.74) is 5.36. The first-order valence-electron chi connectivity index (χ1n) is 11.9. The number of unbranched alkanes of at least 4 members (excludes halogenated alkanes) is 1. The first-order chi connectivity index (χ1) is 16.1. The molecular weight excluding hydrogens is 410 g/mol. The number of nitrogens with zero attached hydrogens (tertiary/aromatic N) is 3. The first kappa shape index (κ1) is 22.9. The lowest BCUT2D eigenvalue weighted by molar-refractivity contribution is 0.110. The summed E-state index contributed by atoms with van der Waals surface area (Å²) in [6, 6.07) is 18.0. The molecule has 4 rings (SSSR count). The molecule has 33 heavy (non-hydrogen) atoms. The molecule has 1 fully saturated rings. The topological polar surface area (TPSA) is 67.9 Å². The molecule has 0 aliphatic carbocycles. The van der Waals surface area contributed by atoms with Gasteiger partial charge in [0.1, 0.15) is 5.82 Å². The summed E-state index contributed by atoms with van der Waals surface area (Å²) in [7, 11) is 0. The van der Waals surface area contributed by atoms with Crippen molar-refractivity contribution >= 4 is 0 Å². The summed E-state index contributed by atoms with van der Waals surface area (Å²) < 4.78 is 7.68. The molecule has 0 saturated carbocycles. The molecule has 0 amide bonds. The number of hydrogen-bond donors (Lipinski definition) is 0. The zero-order chi connectivity index (χ0) is 23.2. The van der Waals surface area contributed by atoms with E-state index in [2.05, 4.69) is 25.1 Å². The molecule has 2 heterocycles. The van der Waals surface area contributed by atoms with Gasteiger partial charge in [0, 0.05) is 31.6 Å². The molecule has 0 radical (unpaired) electrons. The summed E-state index contributed by atoms with van der Waals surface area (Å²) in [6.45, 7) is 5.55. The Bertz CT molecular complexity index is 1200. The third-order valence-corrected chi connectivity index (χ3v) is 6.41. The van der Waals surface area contributed by atoms with E-state index < -0.39 is 0 Å². The van der Waals surface area contributed by atoms with Gasteiger partial charge in [-0.15, -0.1) is 0 Å². The van der Waals surface area contributed by atoms with Gasteiger partial charge in [0.05, 0.1) is 23.4 Å². The van der Waals surface area contributed by atoms with Crippen LogP contribution in [0.15, 0.2) is 53.3 Å². The Balaban J connectivity index is 1.66. The van der Waals surface area contributed by atoms with Crippen molar-refractivity contribution in [1.82, 2.24) is 9.55 Å². The van der Waals surface area contributed by atoms with Crippen LogP contribution in [-0.4, -0.2) is 22.3 Å². The molecule has 1 saturated heterocycles. The van der Waals surface area contributed by atoms with Crippen LogP contribution in [0, 0.1) is 18.3 Å². The van der Waals surface area contributed by atoms with Crippen LogP contribution in [0.25, 0.3) is 11.1 Å². The minimum absolute atomic E-state index is 0.0721. The normalized spacial score (nSPS) is 15.5. The van der Waals surface area contributed by atoms with Gasteiger partial charge in [0.15, 0.2) is 0 Å². The fraction of sp³-hybridized carbons (Fsp3) is 0.393. The summed E-state index contributed by atoms with van der Waals surface area (Å²) >= 11 is 0. The lowest BCUT2D eigenvalue weighted by atomic mass is 9.96. The highest BCUT2D eigenvalue weighted by molar-refractivity contribution is 5.70. The smallest absolute Gasteiger partial charge is 0.257 e. The molecule has 0 bridgehead atoms. The second-order valence-electron chi connectivity index (χ2n) is 8.76. The largest absolute Gasteiger partial charge is 0.378 e. The third-order valence-electron chi connectivity index (χ3n) is 6.41. The van der Waals surface area contributed by atoms with E-state index in [0.717, 1.165) is 66.1 Å². The minimum atomic E-state index is 0.0721. The standard InChI is InChI=1S/C28H31N3O2/c1-3-4-15-31-20(2)30-27(18-24-9-7-16-33-24)26(28(31)32)17-21-11-13-22(14-12-21)25-10-6-5-8-23(25)19-29/h5-6,8,10-14,24H,3-4,7,9,15-18H2,1-2H3. The van der Waals surface area contributed by atoms with Crippen LogP contribution in [0.5, 0.6) is 0 Å². The maximum absolute atomic E-state index is 13.5. The molecular formula is C28H31N3O2. The second-order valence-corrected chi connectivity index (χ2v) is 8.76. The number of hydrogen-bond acceptors (Lipinski definition) is 4. The Morgan fingerprint density at radius 1 is 1.18 bits per heavy atom. The lowest BCUT2D eigenvalue weighted by Crippen LogP contribution is -2.30. The summed E-state index contributed by atoms with van der Waals surface area (Å²) in [5, 5.41) is 9.41. The lowest BCUT2D eigenvalue weighted by Gasteiger charge is -2.17. The van der Waals surface area contributed by atoms with E-state index in [0.29, 0.717) is 24.9 Å². The van der Waals surface area contributed by atoms with Gasteiger partial charge in [-0.05, 0) is 48.9 Å². The van der Waals surface area contributed by atoms with Gasteiger partial charge in [0.2, 0.25) is 0 Å². The second kappa shape index (κ2) is 10.6. The molecule has 1 aromatic heterocycles. The molecule has 5 nitrogen and oxygen atoms in total. The van der Waals surface area contributed by atoms with Gasteiger partial charge in [-0.1, -0.05) is 55.8 Å². The molecule has 2 aromatic carbocycles. The van der Waals surface area contributed by atoms with E-state index in [-0.39, 0.29) is 11.7 Å². The average Bonchev–Trinajstić information content (AvgIpc) is 3.35. The van der Waals surface area contributed by atoms with E-state index in [1.807, 2.05) is 47.9 Å². The van der Waals surface area contributed by atoms with Gasteiger partial charge >= 0.3 is 0 Å². The Kier molecular flexibility index (Phi) is 7.36. The van der Waals surface area contributed by atoms with Gasteiger partial charge in [-0.3, -0.25) is 9.36 Å². The van der Waals surface area contributed by atoms with Crippen molar-refractivity contribution in [3.8, 4) is 17.2 Å². The highest BCUT2D eigenvalue weighted by Crippen LogP contribution is 2.25. The molecule has 0 N–H and O–H groups in total. The van der Waals surface area contributed by atoms with Crippen molar-refractivity contribution in [2.75, 3.05) is 6.61 Å². The van der Waals surface area contributed by atoms with Crippen LogP contribution < -0.4 is 5.56 Å². The monoisotopic (exact) mass is 441 g/mol. The summed E-state index contributed by atoms with van der Waals surface area (Å²) in [5.74, 6) is 0.786. The van der Waals surface area contributed by atoms with Crippen molar-refractivity contribution < 1.29 is 4.74 Å². The molecule has 1 aliphatic heterocycles. The minimum Gasteiger partial charge on any atom is -0.378 e. The van der Waals surface area contributed by atoms with Gasteiger partial charge in [0.25, 0.3) is 5.56 Å². The molecule has 170 valence electrons. The van der Waals surface area contributed by atoms with Gasteiger partial charge in [-0.25, -0.2) is 4.98 Å². The van der Waals surface area contributed by atoms with Gasteiger partial charge in [-0.2, -0.15) is 5.26 Å². The number of aryl methyl sites for hydroxylation is 1. The number of rotatable bonds is 8. The fourth-order valence-corrected chi connectivity index (χ4v) is 4.54. The van der Waals surface area contributed by atoms with E-state index in [4.69, 9.17) is 9.72 Å². The van der Waals surface area contributed by atoms with Crippen molar-refractivity contribution in [3.63, 3.8) is 0 Å². The predicted molar refractivity (Wildman–Crippen MR) is 130 cm³/mol. The zero-order valence-corrected chi connectivity index (χ0v) is 19.5. The summed E-state index contributed by atoms with van der Waals surface area (Å²) in [4.78, 5) is 18.4. The predicted octanol–water partition coefficient (Wildman–Crippen LogP) is 5.20. The van der Waals surface area contributed by atoms with Crippen LogP contribution >= 0.6 is 0 Å². The van der Waals surface area contributed by atoms with E-state index in [1.165, 1.54) is 0 Å². The molecule has 1 aliphatic rings. The Morgan fingerprint density at radius 2 is 1.97 bits per heavy atom. The number of ether oxygens (including phenoxy) is 1. The number of nitriles is 1. The number of benzene rings is 2. The SMILES string of the molecule is CCCCn1c(C)nc(CC2CCCO2)c(Cc2ccc(-c3ccccc3C#N)cc2)c1=O. The van der Waals surface area contributed by atoms with Crippen LogP contribution in [0.3, 0.4) is 0 Å². The molecule has 1 atom stereocenters. The molecule has 3 aromatic rings. The van der Waals surface area contributed by atoms with Gasteiger partial charge < -0.3 is 4.74 Å². The van der Waals surface area contributed by atoms with E-state index in [1.54, 1.807) is 0 Å². The molecule has 0 spiro atoms. The quantitative estimate of drug-likeness (QED) is 0.482. The van der Waals surface area contributed by atoms with Crippen LogP contribution in [0.4, 0.5) is 0 Å². The maximum Gasteiger partial charge on any atom is 0.257 e. The Labute approximate surface area is 195 Å². The molecule has 5 heteroatoms. The first-order valence-corrected chi connectivity index (χ1v) is 11.9. The number of aromatic nitrogens is 2. The molecule has 1 unspecified atom stereocenters. The van der Waals surface area contributed by atoms with Crippen LogP contribution in [-0.2, 0) is 24.1 Å². The highest BCUT2D eigenvalue weighted by Gasteiger charge is 2.22. The van der Waals surface area contributed by atoms with Crippen molar-refractivity contribution in [2.24, 2.45) is 0 Å².